The molecule has 0 radical (unpaired) electrons. The van der Waals surface area contributed by atoms with Gasteiger partial charge in [0.1, 0.15) is 0 Å². The minimum atomic E-state index is -0.443. The molecule has 0 aliphatic heterocycles. The van der Waals surface area contributed by atoms with Crippen LogP contribution in [0.5, 0.6) is 0 Å². The first-order valence-corrected chi connectivity index (χ1v) is 13.1. The number of rotatable bonds is 9. The monoisotopic (exact) mass is 616 g/mol. The van der Waals surface area contributed by atoms with Crippen LogP contribution < -0.4 is 10.7 Å². The second-order valence-corrected chi connectivity index (χ2v) is 10.5. The lowest BCUT2D eigenvalue weighted by Crippen LogP contribution is -2.27. The first kappa shape index (κ1) is 25.2. The van der Waals surface area contributed by atoms with Gasteiger partial charge in [0.25, 0.3) is 5.91 Å². The van der Waals surface area contributed by atoms with E-state index in [4.69, 9.17) is 11.6 Å². The number of hydrogen-bond donors (Lipinski definition) is 2. The van der Waals surface area contributed by atoms with Crippen molar-refractivity contribution in [1.29, 1.82) is 0 Å². The SMILES string of the molecule is CC(Sc1nnc(CNc2ccc(I)cc2)n1-c1ccccc1)C(=O)N/N=C/c1ccc(Cl)cc1. The van der Waals surface area contributed by atoms with E-state index in [0.717, 1.165) is 22.8 Å². The van der Waals surface area contributed by atoms with Crippen molar-refractivity contribution in [2.24, 2.45) is 5.10 Å². The summed E-state index contributed by atoms with van der Waals surface area (Å²) in [6.07, 6.45) is 1.58. The number of hydrogen-bond acceptors (Lipinski definition) is 6. The number of amides is 1. The van der Waals surface area contributed by atoms with Crippen LogP contribution in [0.4, 0.5) is 5.69 Å². The van der Waals surface area contributed by atoms with Gasteiger partial charge in [-0.15, -0.1) is 10.2 Å². The zero-order valence-electron chi connectivity index (χ0n) is 18.7. The van der Waals surface area contributed by atoms with Crippen LogP contribution in [-0.4, -0.2) is 32.1 Å². The molecule has 7 nitrogen and oxygen atoms in total. The fraction of sp³-hybridized carbons (Fsp3) is 0.120. The molecular formula is C25H22ClIN6OS. The summed E-state index contributed by atoms with van der Waals surface area (Å²) in [5.74, 6) is 0.506. The summed E-state index contributed by atoms with van der Waals surface area (Å²) in [7, 11) is 0. The lowest BCUT2D eigenvalue weighted by atomic mass is 10.2. The van der Waals surface area contributed by atoms with Crippen LogP contribution in [0.3, 0.4) is 0 Å². The van der Waals surface area contributed by atoms with Gasteiger partial charge in [-0.2, -0.15) is 5.10 Å². The van der Waals surface area contributed by atoms with E-state index in [9.17, 15) is 4.79 Å². The Kier molecular flexibility index (Phi) is 8.78. The van der Waals surface area contributed by atoms with E-state index < -0.39 is 5.25 Å². The van der Waals surface area contributed by atoms with Crippen LogP contribution in [0, 0.1) is 3.57 Å². The molecule has 4 aromatic rings. The highest BCUT2D eigenvalue weighted by molar-refractivity contribution is 14.1. The molecule has 0 saturated carbocycles. The van der Waals surface area contributed by atoms with Crippen molar-refractivity contribution in [3.63, 3.8) is 0 Å². The molecule has 0 aliphatic carbocycles. The Labute approximate surface area is 226 Å². The highest BCUT2D eigenvalue weighted by Crippen LogP contribution is 2.26. The lowest BCUT2D eigenvalue weighted by Gasteiger charge is -2.13. The zero-order chi connectivity index (χ0) is 24.6. The molecule has 35 heavy (non-hydrogen) atoms. The summed E-state index contributed by atoms with van der Waals surface area (Å²) in [6, 6.07) is 25.2. The maximum Gasteiger partial charge on any atom is 0.253 e. The van der Waals surface area contributed by atoms with Crippen molar-refractivity contribution < 1.29 is 4.79 Å². The van der Waals surface area contributed by atoms with Crippen LogP contribution >= 0.6 is 46.0 Å². The van der Waals surface area contributed by atoms with E-state index in [-0.39, 0.29) is 5.91 Å². The molecule has 0 fully saturated rings. The van der Waals surface area contributed by atoms with Gasteiger partial charge < -0.3 is 5.32 Å². The van der Waals surface area contributed by atoms with Gasteiger partial charge in [-0.25, -0.2) is 5.43 Å². The number of benzene rings is 3. The molecular weight excluding hydrogens is 595 g/mol. The second kappa shape index (κ2) is 12.2. The Morgan fingerprint density at radius 3 is 2.51 bits per heavy atom. The smallest absolute Gasteiger partial charge is 0.253 e. The van der Waals surface area contributed by atoms with Gasteiger partial charge in [-0.05, 0) is 83.6 Å². The molecule has 2 N–H and O–H groups in total. The van der Waals surface area contributed by atoms with Crippen molar-refractivity contribution in [2.75, 3.05) is 5.32 Å². The predicted molar refractivity (Wildman–Crippen MR) is 150 cm³/mol. The fourth-order valence-corrected chi connectivity index (χ4v) is 4.46. The third-order valence-corrected chi connectivity index (χ3v) is 6.93. The summed E-state index contributed by atoms with van der Waals surface area (Å²) in [5, 5.41) is 17.1. The standard InChI is InChI=1S/C25H22ClIN6OS/c1-17(24(34)31-29-15-18-7-9-19(26)10-8-18)35-25-32-30-23(33(25)22-5-3-2-4-6-22)16-28-21-13-11-20(27)12-14-21/h2-15,17,28H,16H2,1H3,(H,31,34)/b29-15+. The first-order chi connectivity index (χ1) is 17.0. The Hall–Kier alpha value is -2.89. The molecule has 1 aromatic heterocycles. The molecule has 1 unspecified atom stereocenters. The molecule has 1 amide bonds. The molecule has 10 heteroatoms. The highest BCUT2D eigenvalue weighted by atomic mass is 127. The fourth-order valence-electron chi connectivity index (χ4n) is 3.10. The summed E-state index contributed by atoms with van der Waals surface area (Å²) in [6.45, 7) is 2.29. The van der Waals surface area contributed by atoms with Crippen molar-refractivity contribution in [3.8, 4) is 5.69 Å². The van der Waals surface area contributed by atoms with Gasteiger partial charge >= 0.3 is 0 Å². The minimum Gasteiger partial charge on any atom is -0.378 e. The quantitative estimate of drug-likeness (QED) is 0.108. The van der Waals surface area contributed by atoms with Gasteiger partial charge in [-0.3, -0.25) is 9.36 Å². The van der Waals surface area contributed by atoms with Crippen LogP contribution in [0.1, 0.15) is 18.3 Å². The molecule has 1 atom stereocenters. The molecule has 0 saturated heterocycles. The molecule has 0 bridgehead atoms. The third-order valence-electron chi connectivity index (χ3n) is 4.92. The van der Waals surface area contributed by atoms with Crippen molar-refractivity contribution in [2.45, 2.75) is 23.9 Å². The number of hydrazone groups is 1. The highest BCUT2D eigenvalue weighted by Gasteiger charge is 2.21. The van der Waals surface area contributed by atoms with Crippen molar-refractivity contribution >= 4 is 63.8 Å². The molecule has 178 valence electrons. The number of carbonyl (C=O) groups excluding carboxylic acids is 1. The Morgan fingerprint density at radius 2 is 1.80 bits per heavy atom. The largest absolute Gasteiger partial charge is 0.378 e. The lowest BCUT2D eigenvalue weighted by molar-refractivity contribution is -0.120. The van der Waals surface area contributed by atoms with Crippen LogP contribution in [-0.2, 0) is 11.3 Å². The van der Waals surface area contributed by atoms with Gasteiger partial charge in [0.15, 0.2) is 11.0 Å². The first-order valence-electron chi connectivity index (χ1n) is 10.7. The normalized spacial score (nSPS) is 12.0. The van der Waals surface area contributed by atoms with E-state index in [1.54, 1.807) is 18.3 Å². The van der Waals surface area contributed by atoms with E-state index >= 15 is 0 Å². The molecule has 0 aliphatic rings. The van der Waals surface area contributed by atoms with Gasteiger partial charge in [0, 0.05) is 20.0 Å². The summed E-state index contributed by atoms with van der Waals surface area (Å²) in [5.41, 5.74) is 5.34. The molecule has 4 rings (SSSR count). The second-order valence-electron chi connectivity index (χ2n) is 7.48. The maximum absolute atomic E-state index is 12.6. The van der Waals surface area contributed by atoms with Gasteiger partial charge in [-0.1, -0.05) is 53.7 Å². The van der Waals surface area contributed by atoms with Gasteiger partial charge in [0.05, 0.1) is 18.0 Å². The van der Waals surface area contributed by atoms with Crippen LogP contribution in [0.25, 0.3) is 5.69 Å². The minimum absolute atomic E-state index is 0.235. The molecule has 0 spiro atoms. The van der Waals surface area contributed by atoms with Crippen molar-refractivity contribution in [1.82, 2.24) is 20.2 Å². The number of thioether (sulfide) groups is 1. The molecule has 3 aromatic carbocycles. The average molecular weight is 617 g/mol. The van der Waals surface area contributed by atoms with Crippen LogP contribution in [0.15, 0.2) is 89.1 Å². The number of carbonyl (C=O) groups is 1. The van der Waals surface area contributed by atoms with Crippen molar-refractivity contribution in [3.05, 3.63) is 98.8 Å². The number of nitrogens with zero attached hydrogens (tertiary/aromatic N) is 4. The Balaban J connectivity index is 1.46. The third kappa shape index (κ3) is 7.06. The number of anilines is 1. The Morgan fingerprint density at radius 1 is 1.09 bits per heavy atom. The summed E-state index contributed by atoms with van der Waals surface area (Å²) in [4.78, 5) is 12.6. The predicted octanol–water partition coefficient (Wildman–Crippen LogP) is 5.77. The van der Waals surface area contributed by atoms with E-state index in [1.165, 1.54) is 15.3 Å². The van der Waals surface area contributed by atoms with Gasteiger partial charge in [0.2, 0.25) is 0 Å². The van der Waals surface area contributed by atoms with E-state index in [1.807, 2.05) is 78.2 Å². The average Bonchev–Trinajstić information content (AvgIpc) is 3.27. The molecule has 1 heterocycles. The number of para-hydroxylation sites is 1. The number of halogens is 2. The number of nitrogens with one attached hydrogen (secondary N) is 2. The maximum atomic E-state index is 12.6. The zero-order valence-corrected chi connectivity index (χ0v) is 22.5. The topological polar surface area (TPSA) is 84.2 Å². The van der Waals surface area contributed by atoms with E-state index in [0.29, 0.717) is 16.7 Å². The van der Waals surface area contributed by atoms with E-state index in [2.05, 4.69) is 48.6 Å². The number of aromatic nitrogens is 3. The summed E-state index contributed by atoms with van der Waals surface area (Å²) < 4.78 is 3.13. The summed E-state index contributed by atoms with van der Waals surface area (Å²) >= 11 is 9.50. The Bertz CT molecular complexity index is 1300. The van der Waals surface area contributed by atoms with Crippen LogP contribution in [0.2, 0.25) is 5.02 Å².